The monoisotopic (exact) mass is 97.1 g/mol. The lowest BCUT2D eigenvalue weighted by atomic mass is 10.2. The molecule has 7 heavy (non-hydrogen) atoms. The maximum absolute atomic E-state index is 5.56. The van der Waals surface area contributed by atoms with Crippen molar-refractivity contribution in [3.63, 3.8) is 0 Å². The molecule has 0 heterocycles. The standard InChI is InChI=1S/C6H11N/c1-5-2-3-6(7)4-5/h6H,1-4,7H2. The summed E-state index contributed by atoms with van der Waals surface area (Å²) in [5.41, 5.74) is 6.89. The first-order valence-corrected chi connectivity index (χ1v) is 2.71. The Morgan fingerprint density at radius 1 is 1.71 bits per heavy atom. The summed E-state index contributed by atoms with van der Waals surface area (Å²) in [6.45, 7) is 3.82. The van der Waals surface area contributed by atoms with Crippen LogP contribution in [0.1, 0.15) is 19.3 Å². The summed E-state index contributed by atoms with van der Waals surface area (Å²) in [4.78, 5) is 0. The molecular formula is C6H11N. The topological polar surface area (TPSA) is 26.0 Å². The molecule has 1 aliphatic carbocycles. The van der Waals surface area contributed by atoms with Gasteiger partial charge in [0.1, 0.15) is 0 Å². The van der Waals surface area contributed by atoms with E-state index in [1.54, 1.807) is 0 Å². The molecule has 2 N–H and O–H groups in total. The number of hydrogen-bond acceptors (Lipinski definition) is 1. The largest absolute Gasteiger partial charge is 0.327 e. The van der Waals surface area contributed by atoms with Gasteiger partial charge in [0.2, 0.25) is 0 Å². The van der Waals surface area contributed by atoms with Crippen molar-refractivity contribution in [3.05, 3.63) is 12.2 Å². The van der Waals surface area contributed by atoms with Crippen LogP contribution in [0.3, 0.4) is 0 Å². The molecule has 1 aliphatic rings. The molecule has 0 bridgehead atoms. The first-order valence-electron chi connectivity index (χ1n) is 2.71. The van der Waals surface area contributed by atoms with Crippen molar-refractivity contribution < 1.29 is 0 Å². The van der Waals surface area contributed by atoms with E-state index in [0.29, 0.717) is 6.04 Å². The van der Waals surface area contributed by atoms with Crippen molar-refractivity contribution in [1.29, 1.82) is 0 Å². The van der Waals surface area contributed by atoms with Crippen LogP contribution < -0.4 is 5.73 Å². The van der Waals surface area contributed by atoms with Crippen molar-refractivity contribution in [3.8, 4) is 0 Å². The zero-order chi connectivity index (χ0) is 5.28. The van der Waals surface area contributed by atoms with Gasteiger partial charge in [0.25, 0.3) is 0 Å². The highest BCUT2D eigenvalue weighted by atomic mass is 14.6. The normalized spacial score (nSPS) is 31.6. The second kappa shape index (κ2) is 1.66. The molecule has 1 heteroatoms. The lowest BCUT2D eigenvalue weighted by molar-refractivity contribution is 0.711. The van der Waals surface area contributed by atoms with Gasteiger partial charge in [-0.3, -0.25) is 0 Å². The second-order valence-corrected chi connectivity index (χ2v) is 2.25. The third-order valence-electron chi connectivity index (χ3n) is 1.42. The summed E-state index contributed by atoms with van der Waals surface area (Å²) in [6, 6.07) is 0.424. The fourth-order valence-electron chi connectivity index (χ4n) is 0.964. The molecule has 0 aromatic carbocycles. The Balaban J connectivity index is 2.40. The molecule has 0 aliphatic heterocycles. The minimum atomic E-state index is 0.424. The maximum Gasteiger partial charge on any atom is 0.00790 e. The van der Waals surface area contributed by atoms with Crippen molar-refractivity contribution in [1.82, 2.24) is 0 Å². The molecule has 1 fully saturated rings. The fourth-order valence-corrected chi connectivity index (χ4v) is 0.964. The summed E-state index contributed by atoms with van der Waals surface area (Å²) in [5, 5.41) is 0. The van der Waals surface area contributed by atoms with Gasteiger partial charge in [0, 0.05) is 6.04 Å². The number of hydrogen-bond donors (Lipinski definition) is 1. The van der Waals surface area contributed by atoms with Crippen molar-refractivity contribution in [2.45, 2.75) is 25.3 Å². The number of rotatable bonds is 0. The van der Waals surface area contributed by atoms with Crippen LogP contribution in [-0.4, -0.2) is 6.04 Å². The number of nitrogens with two attached hydrogens (primary N) is 1. The van der Waals surface area contributed by atoms with Crippen LogP contribution >= 0.6 is 0 Å². The average molecular weight is 97.2 g/mol. The van der Waals surface area contributed by atoms with Crippen LogP contribution in [0.2, 0.25) is 0 Å². The van der Waals surface area contributed by atoms with Gasteiger partial charge in [0.05, 0.1) is 0 Å². The summed E-state index contributed by atoms with van der Waals surface area (Å²) in [7, 11) is 0. The van der Waals surface area contributed by atoms with Gasteiger partial charge in [-0.05, 0) is 19.3 Å². The van der Waals surface area contributed by atoms with E-state index in [4.69, 9.17) is 5.73 Å². The summed E-state index contributed by atoms with van der Waals surface area (Å²) < 4.78 is 0. The van der Waals surface area contributed by atoms with Crippen LogP contribution in [0.25, 0.3) is 0 Å². The van der Waals surface area contributed by atoms with Crippen molar-refractivity contribution in [2.75, 3.05) is 0 Å². The SMILES string of the molecule is C=C1CCC(N)C1. The first-order chi connectivity index (χ1) is 3.29. The van der Waals surface area contributed by atoms with Gasteiger partial charge < -0.3 is 5.73 Å². The molecule has 0 spiro atoms. The van der Waals surface area contributed by atoms with Crippen LogP contribution in [0.5, 0.6) is 0 Å². The zero-order valence-electron chi connectivity index (χ0n) is 4.48. The Kier molecular flexibility index (Phi) is 1.15. The summed E-state index contributed by atoms with van der Waals surface area (Å²) in [6.07, 6.45) is 3.36. The predicted octanol–water partition coefficient (Wildman–Crippen LogP) is 1.05. The quantitative estimate of drug-likeness (QED) is 0.449. The lowest BCUT2D eigenvalue weighted by Gasteiger charge is -1.93. The maximum atomic E-state index is 5.56. The third-order valence-corrected chi connectivity index (χ3v) is 1.42. The van der Waals surface area contributed by atoms with Gasteiger partial charge in [-0.15, -0.1) is 0 Å². The van der Waals surface area contributed by atoms with E-state index < -0.39 is 0 Å². The summed E-state index contributed by atoms with van der Waals surface area (Å²) >= 11 is 0. The molecular weight excluding hydrogens is 86.1 g/mol. The third kappa shape index (κ3) is 1.03. The molecule has 0 aromatic rings. The molecule has 1 atom stereocenters. The zero-order valence-corrected chi connectivity index (χ0v) is 4.48. The summed E-state index contributed by atoms with van der Waals surface area (Å²) in [5.74, 6) is 0. The highest BCUT2D eigenvalue weighted by Gasteiger charge is 2.11. The van der Waals surface area contributed by atoms with Crippen LogP contribution in [0, 0.1) is 0 Å². The minimum Gasteiger partial charge on any atom is -0.327 e. The lowest BCUT2D eigenvalue weighted by Crippen LogP contribution is -2.13. The molecule has 1 nitrogen and oxygen atoms in total. The highest BCUT2D eigenvalue weighted by Crippen LogP contribution is 2.20. The Labute approximate surface area is 44.2 Å². The molecule has 0 amide bonds. The Bertz CT molecular complexity index is 86.2. The van der Waals surface area contributed by atoms with Gasteiger partial charge in [0.15, 0.2) is 0 Å². The molecule has 1 saturated carbocycles. The molecule has 0 radical (unpaired) electrons. The Morgan fingerprint density at radius 3 is 2.57 bits per heavy atom. The molecule has 1 rings (SSSR count). The first kappa shape index (κ1) is 4.85. The van der Waals surface area contributed by atoms with E-state index >= 15 is 0 Å². The van der Waals surface area contributed by atoms with E-state index in [1.165, 1.54) is 5.57 Å². The van der Waals surface area contributed by atoms with Gasteiger partial charge in [-0.1, -0.05) is 12.2 Å². The smallest absolute Gasteiger partial charge is 0.00790 e. The molecule has 0 aromatic heterocycles. The van der Waals surface area contributed by atoms with Crippen LogP contribution in [0.4, 0.5) is 0 Å². The minimum absolute atomic E-state index is 0.424. The molecule has 1 unspecified atom stereocenters. The van der Waals surface area contributed by atoms with Gasteiger partial charge in [-0.25, -0.2) is 0 Å². The van der Waals surface area contributed by atoms with E-state index in [9.17, 15) is 0 Å². The van der Waals surface area contributed by atoms with E-state index in [-0.39, 0.29) is 0 Å². The van der Waals surface area contributed by atoms with Crippen LogP contribution in [-0.2, 0) is 0 Å². The fraction of sp³-hybridized carbons (Fsp3) is 0.667. The molecule has 40 valence electrons. The average Bonchev–Trinajstić information content (AvgIpc) is 1.87. The molecule has 0 saturated heterocycles. The van der Waals surface area contributed by atoms with E-state index in [2.05, 4.69) is 6.58 Å². The highest BCUT2D eigenvalue weighted by molar-refractivity contribution is 5.03. The van der Waals surface area contributed by atoms with Crippen molar-refractivity contribution in [2.24, 2.45) is 5.73 Å². The predicted molar refractivity (Wildman–Crippen MR) is 31.0 cm³/mol. The Hall–Kier alpha value is -0.300. The van der Waals surface area contributed by atoms with Crippen LogP contribution in [0.15, 0.2) is 12.2 Å². The van der Waals surface area contributed by atoms with Gasteiger partial charge in [-0.2, -0.15) is 0 Å². The van der Waals surface area contributed by atoms with Gasteiger partial charge >= 0.3 is 0 Å². The van der Waals surface area contributed by atoms with Crippen molar-refractivity contribution >= 4 is 0 Å². The van der Waals surface area contributed by atoms with E-state index in [0.717, 1.165) is 19.3 Å². The second-order valence-electron chi connectivity index (χ2n) is 2.25. The van der Waals surface area contributed by atoms with E-state index in [1.807, 2.05) is 0 Å². The Morgan fingerprint density at radius 2 is 2.43 bits per heavy atom.